The maximum absolute atomic E-state index is 12.2. The number of benzene rings is 1. The van der Waals surface area contributed by atoms with Crippen molar-refractivity contribution in [1.82, 2.24) is 4.90 Å². The number of aryl methyl sites for hydroxylation is 1. The molecule has 0 bridgehead atoms. The first-order valence-electron chi connectivity index (χ1n) is 6.19. The molecule has 0 aliphatic carbocycles. The number of ether oxygens (including phenoxy) is 1. The van der Waals surface area contributed by atoms with E-state index in [1.807, 2.05) is 25.1 Å². The van der Waals surface area contributed by atoms with Crippen molar-refractivity contribution in [2.24, 2.45) is 0 Å². The molecule has 1 aliphatic heterocycles. The minimum Gasteiger partial charge on any atom is -0.469 e. The number of hydrogen-bond acceptors (Lipinski definition) is 4. The Morgan fingerprint density at radius 2 is 2.26 bits per heavy atom. The molecule has 5 nitrogen and oxygen atoms in total. The highest BCUT2D eigenvalue weighted by atomic mass is 16.5. The summed E-state index contributed by atoms with van der Waals surface area (Å²) in [5.74, 6) is -0.492. The molecule has 1 atom stereocenters. The first kappa shape index (κ1) is 13.4. The Hall–Kier alpha value is -2.04. The van der Waals surface area contributed by atoms with Gasteiger partial charge in [-0.05, 0) is 18.6 Å². The lowest BCUT2D eigenvalue weighted by Gasteiger charge is -2.19. The summed E-state index contributed by atoms with van der Waals surface area (Å²) in [6.07, 6.45) is 0.0347. The van der Waals surface area contributed by atoms with Crippen molar-refractivity contribution in [3.8, 4) is 0 Å². The van der Waals surface area contributed by atoms with Gasteiger partial charge >= 0.3 is 5.97 Å². The van der Waals surface area contributed by atoms with Crippen molar-refractivity contribution in [3.63, 3.8) is 0 Å². The summed E-state index contributed by atoms with van der Waals surface area (Å²) in [6.45, 7) is 2.56. The fourth-order valence-electron chi connectivity index (χ4n) is 2.23. The number of carbonyl (C=O) groups excluding carboxylic acids is 2. The normalized spacial score (nSPS) is 18.4. The van der Waals surface area contributed by atoms with E-state index >= 15 is 0 Å². The van der Waals surface area contributed by atoms with Crippen LogP contribution in [-0.2, 0) is 20.9 Å². The van der Waals surface area contributed by atoms with E-state index in [-0.39, 0.29) is 12.3 Å². The van der Waals surface area contributed by atoms with Gasteiger partial charge in [-0.3, -0.25) is 9.59 Å². The van der Waals surface area contributed by atoms with Crippen molar-refractivity contribution < 1.29 is 14.3 Å². The van der Waals surface area contributed by atoms with E-state index in [0.717, 1.165) is 16.8 Å². The van der Waals surface area contributed by atoms with E-state index in [1.165, 1.54) is 7.11 Å². The fourth-order valence-corrected chi connectivity index (χ4v) is 2.23. The number of carbonyl (C=O) groups is 2. The SMILES string of the molecule is COC(=O)CC1Nc2ccc(C)cc2CN(C)C1=O. The van der Waals surface area contributed by atoms with Gasteiger partial charge in [0.25, 0.3) is 0 Å². The number of fused-ring (bicyclic) bond motifs is 1. The molecule has 0 fully saturated rings. The second-order valence-electron chi connectivity index (χ2n) is 4.83. The van der Waals surface area contributed by atoms with Crippen LogP contribution >= 0.6 is 0 Å². The highest BCUT2D eigenvalue weighted by Crippen LogP contribution is 2.24. The second kappa shape index (κ2) is 5.30. The van der Waals surface area contributed by atoms with Gasteiger partial charge in [0.05, 0.1) is 13.5 Å². The molecule has 1 N–H and O–H groups in total. The summed E-state index contributed by atoms with van der Waals surface area (Å²) in [5, 5.41) is 3.14. The average molecular weight is 262 g/mol. The zero-order chi connectivity index (χ0) is 14.0. The Bertz CT molecular complexity index is 513. The lowest BCUT2D eigenvalue weighted by Crippen LogP contribution is -2.39. The number of amides is 1. The van der Waals surface area contributed by atoms with Crippen LogP contribution < -0.4 is 5.32 Å². The standard InChI is InChI=1S/C14H18N2O3/c1-9-4-5-11-10(6-9)8-16(2)14(18)12(15-11)7-13(17)19-3/h4-6,12,15H,7-8H2,1-3H3. The van der Waals surface area contributed by atoms with Crippen LogP contribution in [0.15, 0.2) is 18.2 Å². The van der Waals surface area contributed by atoms with Gasteiger partial charge in [0.1, 0.15) is 6.04 Å². The van der Waals surface area contributed by atoms with E-state index < -0.39 is 12.0 Å². The van der Waals surface area contributed by atoms with Crippen LogP contribution in [0.5, 0.6) is 0 Å². The lowest BCUT2D eigenvalue weighted by atomic mass is 10.1. The molecule has 2 rings (SSSR count). The fraction of sp³-hybridized carbons (Fsp3) is 0.429. The molecule has 5 heteroatoms. The third kappa shape index (κ3) is 2.86. The summed E-state index contributed by atoms with van der Waals surface area (Å²) >= 11 is 0. The molecule has 0 spiro atoms. The van der Waals surface area contributed by atoms with E-state index in [4.69, 9.17) is 0 Å². The summed E-state index contributed by atoms with van der Waals surface area (Å²) < 4.78 is 4.63. The molecule has 0 saturated heterocycles. The topological polar surface area (TPSA) is 58.6 Å². The van der Waals surface area contributed by atoms with Crippen LogP contribution in [0, 0.1) is 6.92 Å². The van der Waals surface area contributed by atoms with Crippen molar-refractivity contribution in [2.45, 2.75) is 25.9 Å². The maximum atomic E-state index is 12.2. The van der Waals surface area contributed by atoms with E-state index in [9.17, 15) is 9.59 Å². The predicted molar refractivity (Wildman–Crippen MR) is 71.7 cm³/mol. The largest absolute Gasteiger partial charge is 0.469 e. The Morgan fingerprint density at radius 1 is 1.53 bits per heavy atom. The molecule has 1 aromatic rings. The minimum absolute atomic E-state index is 0.0347. The molecule has 1 heterocycles. The Balaban J connectivity index is 2.29. The Labute approximate surface area is 112 Å². The number of nitrogens with one attached hydrogen (secondary N) is 1. The van der Waals surface area contributed by atoms with Crippen LogP contribution in [0.4, 0.5) is 5.69 Å². The number of anilines is 1. The third-order valence-corrected chi connectivity index (χ3v) is 3.27. The number of likely N-dealkylation sites (N-methyl/N-ethyl adjacent to an activating group) is 1. The van der Waals surface area contributed by atoms with Crippen LogP contribution in [0.25, 0.3) is 0 Å². The summed E-state index contributed by atoms with van der Waals surface area (Å²) in [4.78, 5) is 25.2. The summed E-state index contributed by atoms with van der Waals surface area (Å²) in [7, 11) is 3.07. The maximum Gasteiger partial charge on any atom is 0.308 e. The van der Waals surface area contributed by atoms with E-state index in [2.05, 4.69) is 10.1 Å². The number of esters is 1. The minimum atomic E-state index is -0.568. The average Bonchev–Trinajstić information content (AvgIpc) is 2.49. The van der Waals surface area contributed by atoms with Gasteiger partial charge in [-0.2, -0.15) is 0 Å². The molecule has 1 unspecified atom stereocenters. The first-order valence-corrected chi connectivity index (χ1v) is 6.19. The molecule has 1 amide bonds. The van der Waals surface area contributed by atoms with Crippen molar-refractivity contribution in [1.29, 1.82) is 0 Å². The molecule has 1 aliphatic rings. The van der Waals surface area contributed by atoms with Gasteiger partial charge < -0.3 is 15.0 Å². The highest BCUT2D eigenvalue weighted by Gasteiger charge is 2.29. The van der Waals surface area contributed by atoms with Gasteiger partial charge in [0.2, 0.25) is 5.91 Å². The highest BCUT2D eigenvalue weighted by molar-refractivity contribution is 5.90. The van der Waals surface area contributed by atoms with Crippen molar-refractivity contribution in [3.05, 3.63) is 29.3 Å². The molecular weight excluding hydrogens is 244 g/mol. The van der Waals surface area contributed by atoms with Gasteiger partial charge in [0.15, 0.2) is 0 Å². The predicted octanol–water partition coefficient (Wildman–Crippen LogP) is 1.31. The molecule has 0 saturated carbocycles. The number of methoxy groups -OCH3 is 1. The van der Waals surface area contributed by atoms with E-state index in [1.54, 1.807) is 11.9 Å². The van der Waals surface area contributed by atoms with Crippen LogP contribution in [0.2, 0.25) is 0 Å². The number of nitrogens with zero attached hydrogens (tertiary/aromatic N) is 1. The molecule has 19 heavy (non-hydrogen) atoms. The molecule has 1 aromatic carbocycles. The molecule has 102 valence electrons. The van der Waals surface area contributed by atoms with Gasteiger partial charge in [0, 0.05) is 19.3 Å². The molecule has 0 radical (unpaired) electrons. The van der Waals surface area contributed by atoms with Gasteiger partial charge in [-0.25, -0.2) is 0 Å². The number of hydrogen-bond donors (Lipinski definition) is 1. The first-order chi connectivity index (χ1) is 9.01. The number of rotatable bonds is 2. The van der Waals surface area contributed by atoms with E-state index in [0.29, 0.717) is 6.54 Å². The molecule has 0 aromatic heterocycles. The monoisotopic (exact) mass is 262 g/mol. The smallest absolute Gasteiger partial charge is 0.308 e. The zero-order valence-electron chi connectivity index (χ0n) is 11.4. The lowest BCUT2D eigenvalue weighted by molar-refractivity contribution is -0.143. The molecular formula is C14H18N2O3. The second-order valence-corrected chi connectivity index (χ2v) is 4.83. The van der Waals surface area contributed by atoms with Crippen LogP contribution in [0.3, 0.4) is 0 Å². The summed E-state index contributed by atoms with van der Waals surface area (Å²) in [6, 6.07) is 5.41. The Kier molecular flexibility index (Phi) is 3.74. The third-order valence-electron chi connectivity index (χ3n) is 3.27. The van der Waals surface area contributed by atoms with Gasteiger partial charge in [-0.1, -0.05) is 17.7 Å². The quantitative estimate of drug-likeness (QED) is 0.816. The van der Waals surface area contributed by atoms with Crippen molar-refractivity contribution >= 4 is 17.6 Å². The van der Waals surface area contributed by atoms with Crippen LogP contribution in [0.1, 0.15) is 17.5 Å². The Morgan fingerprint density at radius 3 is 2.95 bits per heavy atom. The van der Waals surface area contributed by atoms with Gasteiger partial charge in [-0.15, -0.1) is 0 Å². The van der Waals surface area contributed by atoms with Crippen molar-refractivity contribution in [2.75, 3.05) is 19.5 Å². The summed E-state index contributed by atoms with van der Waals surface area (Å²) in [5.41, 5.74) is 3.10. The zero-order valence-corrected chi connectivity index (χ0v) is 11.4. The van der Waals surface area contributed by atoms with Crippen LogP contribution in [-0.4, -0.2) is 37.0 Å².